The average molecular weight is 410 g/mol. The third-order valence-corrected chi connectivity index (χ3v) is 6.17. The fraction of sp³-hybridized carbons (Fsp3) is 0.500. The summed E-state index contributed by atoms with van der Waals surface area (Å²) in [5, 5.41) is 14.7. The fourth-order valence-electron chi connectivity index (χ4n) is 4.71. The number of allylic oxidation sites excluding steroid dienone is 1. The summed E-state index contributed by atoms with van der Waals surface area (Å²) >= 11 is 0. The highest BCUT2D eigenvalue weighted by Gasteiger charge is 2.42. The van der Waals surface area contributed by atoms with Gasteiger partial charge in [0.2, 0.25) is 5.91 Å². The molecule has 0 radical (unpaired) electrons. The van der Waals surface area contributed by atoms with Gasteiger partial charge in [0, 0.05) is 31.1 Å². The average Bonchev–Trinajstić information content (AvgIpc) is 3.41. The Kier molecular flexibility index (Phi) is 6.34. The van der Waals surface area contributed by atoms with Crippen molar-refractivity contribution in [2.75, 3.05) is 18.4 Å². The van der Waals surface area contributed by atoms with E-state index in [1.807, 2.05) is 15.7 Å². The van der Waals surface area contributed by atoms with Crippen molar-refractivity contribution in [3.8, 4) is 0 Å². The Morgan fingerprint density at radius 1 is 1.20 bits per heavy atom. The maximum absolute atomic E-state index is 12.6. The standard InChI is InChI=1S/C20H23N7O.2CH4/c1-13-2-4-15-6-14(9-21-20(15)23-13)3-5-19(28)26-10-16-7-18(8-17(16)11-26)27-12-22-24-25-27;;/h3,5-6,9,12,16-18H,1-2,4,7-8,10-11H2,(H,21,23);2*1H4/b5-3+;;/t16-,17+,18?;;. The zero-order valence-corrected chi connectivity index (χ0v) is 15.7. The second-order valence-electron chi connectivity index (χ2n) is 8.02. The molecule has 0 aromatic carbocycles. The second-order valence-corrected chi connectivity index (χ2v) is 8.02. The van der Waals surface area contributed by atoms with Crippen molar-refractivity contribution < 1.29 is 4.79 Å². The predicted octanol–water partition coefficient (Wildman–Crippen LogP) is 3.34. The minimum Gasteiger partial charge on any atom is -0.344 e. The summed E-state index contributed by atoms with van der Waals surface area (Å²) in [6.07, 6.45) is 11.0. The van der Waals surface area contributed by atoms with Crippen molar-refractivity contribution >= 4 is 17.8 Å². The molecule has 1 unspecified atom stereocenters. The minimum atomic E-state index is 0. The molecule has 4 heterocycles. The molecular weight excluding hydrogens is 378 g/mol. The van der Waals surface area contributed by atoms with Gasteiger partial charge in [-0.2, -0.15) is 0 Å². The topological polar surface area (TPSA) is 88.8 Å². The molecule has 3 atom stereocenters. The van der Waals surface area contributed by atoms with Gasteiger partial charge < -0.3 is 10.2 Å². The Morgan fingerprint density at radius 2 is 1.97 bits per heavy atom. The molecule has 1 saturated carbocycles. The van der Waals surface area contributed by atoms with Gasteiger partial charge in [0.1, 0.15) is 12.1 Å². The van der Waals surface area contributed by atoms with E-state index in [1.165, 1.54) is 5.56 Å². The number of aryl methyl sites for hydroxylation is 1. The van der Waals surface area contributed by atoms with E-state index < -0.39 is 0 Å². The molecule has 1 amide bonds. The van der Waals surface area contributed by atoms with E-state index in [0.29, 0.717) is 17.9 Å². The van der Waals surface area contributed by atoms with E-state index in [0.717, 1.165) is 55.9 Å². The first kappa shape index (κ1) is 21.7. The molecule has 2 aromatic rings. The normalized spacial score (nSPS) is 24.6. The summed E-state index contributed by atoms with van der Waals surface area (Å²) in [5.74, 6) is 2.04. The van der Waals surface area contributed by atoms with E-state index >= 15 is 0 Å². The Morgan fingerprint density at radius 3 is 2.67 bits per heavy atom. The molecule has 0 bridgehead atoms. The molecule has 2 aliphatic heterocycles. The van der Waals surface area contributed by atoms with Gasteiger partial charge in [-0.1, -0.05) is 21.4 Å². The molecule has 0 spiro atoms. The molecule has 2 fully saturated rings. The number of fused-ring (bicyclic) bond motifs is 2. The van der Waals surface area contributed by atoms with Crippen LogP contribution < -0.4 is 5.32 Å². The minimum absolute atomic E-state index is 0. The number of nitrogens with zero attached hydrogens (tertiary/aromatic N) is 6. The summed E-state index contributed by atoms with van der Waals surface area (Å²) in [4.78, 5) is 19.1. The van der Waals surface area contributed by atoms with Gasteiger partial charge >= 0.3 is 0 Å². The lowest BCUT2D eigenvalue weighted by Gasteiger charge is -2.19. The van der Waals surface area contributed by atoms with E-state index in [1.54, 1.807) is 18.6 Å². The summed E-state index contributed by atoms with van der Waals surface area (Å²) in [5.41, 5.74) is 3.13. The number of anilines is 1. The first-order chi connectivity index (χ1) is 13.7. The van der Waals surface area contributed by atoms with Crippen LogP contribution in [-0.4, -0.2) is 49.1 Å². The molecule has 30 heavy (non-hydrogen) atoms. The van der Waals surface area contributed by atoms with Gasteiger partial charge in [-0.25, -0.2) is 9.67 Å². The second kappa shape index (κ2) is 8.77. The van der Waals surface area contributed by atoms with Crippen molar-refractivity contribution in [2.24, 2.45) is 11.8 Å². The van der Waals surface area contributed by atoms with Crippen LogP contribution in [0.5, 0.6) is 0 Å². The van der Waals surface area contributed by atoms with Crippen molar-refractivity contribution in [2.45, 2.75) is 46.6 Å². The predicted molar refractivity (Wildman–Crippen MR) is 117 cm³/mol. The van der Waals surface area contributed by atoms with Gasteiger partial charge in [-0.05, 0) is 71.2 Å². The van der Waals surface area contributed by atoms with Crippen molar-refractivity contribution in [3.63, 3.8) is 0 Å². The fourth-order valence-corrected chi connectivity index (χ4v) is 4.71. The van der Waals surface area contributed by atoms with E-state index in [9.17, 15) is 4.79 Å². The molecule has 8 heteroatoms. The summed E-state index contributed by atoms with van der Waals surface area (Å²) < 4.78 is 1.86. The van der Waals surface area contributed by atoms with E-state index in [4.69, 9.17) is 0 Å². The van der Waals surface area contributed by atoms with Gasteiger partial charge in [0.15, 0.2) is 0 Å². The van der Waals surface area contributed by atoms with Crippen molar-refractivity contribution in [1.82, 2.24) is 30.1 Å². The molecular formula is C22H31N7O. The monoisotopic (exact) mass is 409 g/mol. The number of likely N-dealkylation sites (tertiary alicyclic amines) is 1. The Bertz CT molecular complexity index is 923. The smallest absolute Gasteiger partial charge is 0.246 e. The van der Waals surface area contributed by atoms with Crippen LogP contribution in [0.2, 0.25) is 0 Å². The van der Waals surface area contributed by atoms with Crippen LogP contribution in [0.4, 0.5) is 5.82 Å². The number of nitrogens with one attached hydrogen (secondary N) is 1. The number of hydrogen-bond acceptors (Lipinski definition) is 6. The molecule has 1 aliphatic carbocycles. The first-order valence-corrected chi connectivity index (χ1v) is 9.79. The van der Waals surface area contributed by atoms with Crippen LogP contribution >= 0.6 is 0 Å². The third kappa shape index (κ3) is 4.13. The first-order valence-electron chi connectivity index (χ1n) is 9.79. The van der Waals surface area contributed by atoms with Crippen molar-refractivity contribution in [3.05, 3.63) is 48.1 Å². The zero-order valence-electron chi connectivity index (χ0n) is 15.7. The Balaban J connectivity index is 0.00000128. The number of aromatic nitrogens is 5. The van der Waals surface area contributed by atoms with Crippen LogP contribution in [0, 0.1) is 11.8 Å². The number of carbonyl (C=O) groups excluding carboxylic acids is 1. The molecule has 8 nitrogen and oxygen atoms in total. The number of hydrogen-bond donors (Lipinski definition) is 1. The highest BCUT2D eigenvalue weighted by Crippen LogP contribution is 2.43. The lowest BCUT2D eigenvalue weighted by atomic mass is 10.0. The van der Waals surface area contributed by atoms with Crippen LogP contribution in [-0.2, 0) is 11.2 Å². The molecule has 3 aliphatic rings. The maximum atomic E-state index is 12.6. The highest BCUT2D eigenvalue weighted by molar-refractivity contribution is 5.92. The van der Waals surface area contributed by atoms with Crippen LogP contribution in [0.3, 0.4) is 0 Å². The summed E-state index contributed by atoms with van der Waals surface area (Å²) in [6.45, 7) is 5.60. The van der Waals surface area contributed by atoms with Gasteiger partial charge in [0.05, 0.1) is 6.04 Å². The lowest BCUT2D eigenvalue weighted by Crippen LogP contribution is -2.28. The number of carbonyl (C=O) groups is 1. The zero-order chi connectivity index (χ0) is 19.1. The van der Waals surface area contributed by atoms with Gasteiger partial charge in [-0.3, -0.25) is 4.79 Å². The summed E-state index contributed by atoms with van der Waals surface area (Å²) in [7, 11) is 0. The number of rotatable bonds is 3. The van der Waals surface area contributed by atoms with Crippen molar-refractivity contribution in [1.29, 1.82) is 0 Å². The quantitative estimate of drug-likeness (QED) is 0.782. The van der Waals surface area contributed by atoms with Crippen LogP contribution in [0.15, 0.2) is 36.9 Å². The number of tetrazole rings is 1. The third-order valence-electron chi connectivity index (χ3n) is 6.17. The Hall–Kier alpha value is -3.03. The number of pyridine rings is 1. The maximum Gasteiger partial charge on any atom is 0.246 e. The van der Waals surface area contributed by atoms with Gasteiger partial charge in [0.25, 0.3) is 0 Å². The number of amides is 1. The Labute approximate surface area is 178 Å². The molecule has 1 saturated heterocycles. The molecule has 2 aromatic heterocycles. The van der Waals surface area contributed by atoms with Crippen LogP contribution in [0.25, 0.3) is 6.08 Å². The molecule has 5 rings (SSSR count). The highest BCUT2D eigenvalue weighted by atomic mass is 16.2. The molecule has 1 N–H and O–H groups in total. The largest absolute Gasteiger partial charge is 0.344 e. The van der Waals surface area contributed by atoms with E-state index in [-0.39, 0.29) is 20.8 Å². The van der Waals surface area contributed by atoms with Crippen LogP contribution in [0.1, 0.15) is 51.3 Å². The van der Waals surface area contributed by atoms with E-state index in [2.05, 4.69) is 38.5 Å². The lowest BCUT2D eigenvalue weighted by molar-refractivity contribution is -0.125. The summed E-state index contributed by atoms with van der Waals surface area (Å²) in [6, 6.07) is 2.46. The van der Waals surface area contributed by atoms with Gasteiger partial charge in [-0.15, -0.1) is 5.10 Å². The molecule has 160 valence electrons. The SMILES string of the molecule is C.C.C=C1CCc2cc(/C=C/C(=O)N3C[C@H]4CC(n5cnnn5)C[C@H]4C3)cnc2N1.